The van der Waals surface area contributed by atoms with E-state index in [2.05, 4.69) is 52.3 Å². The summed E-state index contributed by atoms with van der Waals surface area (Å²) in [5.74, 6) is 2.50. The van der Waals surface area contributed by atoms with E-state index in [0.29, 0.717) is 0 Å². The summed E-state index contributed by atoms with van der Waals surface area (Å²) in [5.41, 5.74) is 5.80. The summed E-state index contributed by atoms with van der Waals surface area (Å²) in [6.45, 7) is 8.27. The molecule has 136 valence electrons. The summed E-state index contributed by atoms with van der Waals surface area (Å²) < 4.78 is 10.6. The van der Waals surface area contributed by atoms with Crippen molar-refractivity contribution in [2.45, 2.75) is 38.3 Å². The molecule has 6 heteroatoms. The van der Waals surface area contributed by atoms with Gasteiger partial charge in [0, 0.05) is 16.2 Å². The number of thioether (sulfide) groups is 1. The molecule has 2 aromatic carbocycles. The molecule has 0 spiro atoms. The van der Waals surface area contributed by atoms with E-state index in [-0.39, 0.29) is 0 Å². The van der Waals surface area contributed by atoms with Gasteiger partial charge in [0.2, 0.25) is 0 Å². The summed E-state index contributed by atoms with van der Waals surface area (Å²) >= 11 is 1.17. The molecule has 0 aliphatic carbocycles. The zero-order chi connectivity index (χ0) is 19.0. The Morgan fingerprint density at radius 1 is 0.880 bits per heavy atom. The van der Waals surface area contributed by atoms with Crippen LogP contribution in [0.25, 0.3) is 0 Å². The molecule has 0 fully saturated rings. The average molecular weight is 433 g/mol. The first-order chi connectivity index (χ1) is 11.9. The summed E-state index contributed by atoms with van der Waals surface area (Å²) in [4.78, 5) is 1.10. The zero-order valence-corrected chi connectivity index (χ0v) is 18.8. The van der Waals surface area contributed by atoms with E-state index in [4.69, 9.17) is 28.1 Å². The molecule has 25 heavy (non-hydrogen) atoms. The van der Waals surface area contributed by atoms with Crippen molar-refractivity contribution in [1.82, 2.24) is 0 Å². The van der Waals surface area contributed by atoms with Gasteiger partial charge in [-0.05, 0) is 50.5 Å². The van der Waals surface area contributed by atoms with Gasteiger partial charge < -0.3 is 9.47 Å². The quantitative estimate of drug-likeness (QED) is 0.290. The Kier molecular flexibility index (Phi) is 10.4. The first kappa shape index (κ1) is 22.7. The van der Waals surface area contributed by atoms with Gasteiger partial charge in [0.05, 0.1) is 5.75 Å². The molecule has 0 saturated carbocycles. The number of aryl methyl sites for hydroxylation is 4. The van der Waals surface area contributed by atoms with Crippen molar-refractivity contribution >= 4 is 30.4 Å². The summed E-state index contributed by atoms with van der Waals surface area (Å²) in [5, 5.41) is 0. The average Bonchev–Trinajstić information content (AvgIpc) is 2.52. The Morgan fingerprint density at radius 3 is 1.88 bits per heavy atom. The molecule has 0 unspecified atom stereocenters. The minimum atomic E-state index is -0.556. The van der Waals surface area contributed by atoms with Crippen molar-refractivity contribution in [3.05, 3.63) is 66.3 Å². The van der Waals surface area contributed by atoms with Gasteiger partial charge in [-0.3, -0.25) is 0 Å². The predicted molar refractivity (Wildman–Crippen MR) is 105 cm³/mol. The van der Waals surface area contributed by atoms with E-state index in [0.717, 1.165) is 38.8 Å². The van der Waals surface area contributed by atoms with Crippen molar-refractivity contribution < 1.29 is 26.5 Å². The van der Waals surface area contributed by atoms with Crippen LogP contribution in [0.1, 0.15) is 27.8 Å². The number of ether oxygens (including phenoxy) is 2. The molecule has 0 amide bonds. The van der Waals surface area contributed by atoms with Crippen molar-refractivity contribution in [1.29, 1.82) is 0 Å². The van der Waals surface area contributed by atoms with Crippen molar-refractivity contribution in [2.75, 3.05) is 0 Å². The number of hydrogen-bond donors (Lipinski definition) is 0. The first-order valence-electron chi connectivity index (χ1n) is 7.52. The second-order valence-electron chi connectivity index (χ2n) is 5.63. The van der Waals surface area contributed by atoms with Crippen LogP contribution in [0.2, 0.25) is 0 Å². The van der Waals surface area contributed by atoms with Gasteiger partial charge in [0.1, 0.15) is 5.75 Å². The molecule has 0 N–H and O–H groups in total. The van der Waals surface area contributed by atoms with Gasteiger partial charge in [0.15, 0.2) is 0 Å². The Balaban J connectivity index is 0.000000970. The van der Waals surface area contributed by atoms with Gasteiger partial charge in [0.25, 0.3) is 0 Å². The summed E-state index contributed by atoms with van der Waals surface area (Å²) in [7, 11) is 16.9. The fourth-order valence-electron chi connectivity index (χ4n) is 2.72. The molecule has 2 rings (SSSR count). The van der Waals surface area contributed by atoms with Crippen LogP contribution >= 0.6 is 30.4 Å². The molecule has 0 aliphatic heterocycles. The Morgan fingerprint density at radius 2 is 1.36 bits per heavy atom. The molecular formula is C19H22Cl2O2STi-2. The molecule has 0 bridgehead atoms. The molecule has 0 aromatic heterocycles. The number of halogens is 2. The molecular weight excluding hydrogens is 411 g/mol. The molecule has 2 aromatic rings. The van der Waals surface area contributed by atoms with Crippen LogP contribution in [-0.4, -0.2) is 0 Å². The number of benzene rings is 2. The maximum absolute atomic E-state index is 5.32. The zero-order valence-electron chi connectivity index (χ0n) is 14.9. The Hall–Kier alpha value is -0.316. The molecule has 0 radical (unpaired) electrons. The van der Waals surface area contributed by atoms with Gasteiger partial charge in [-0.15, -0.1) is 11.8 Å². The van der Waals surface area contributed by atoms with Gasteiger partial charge >= 0.3 is 35.6 Å². The standard InChI is InChI=1S/C19H22O2S.2ClH.Ti/c1-12-7-14(3)18(20-5)16(9-12)11-22-17-10-13(2)8-15(4)19(17)21-6;;;/h7-10H,5-6,11H2,1-4H3;2*1H;/q-2;;;+2/p-2. The predicted octanol–water partition coefficient (Wildman–Crippen LogP) is 6.93. The summed E-state index contributed by atoms with van der Waals surface area (Å²) in [6, 6.07) is 8.49. The van der Waals surface area contributed by atoms with Crippen LogP contribution in [0.3, 0.4) is 0 Å². The molecule has 0 saturated heterocycles. The third kappa shape index (κ3) is 6.73. The molecule has 0 aliphatic rings. The van der Waals surface area contributed by atoms with Gasteiger partial charge in [-0.25, -0.2) is 0 Å². The van der Waals surface area contributed by atoms with Crippen molar-refractivity contribution in [3.63, 3.8) is 0 Å². The van der Waals surface area contributed by atoms with Crippen LogP contribution < -0.4 is 9.47 Å². The van der Waals surface area contributed by atoms with E-state index in [1.165, 1.54) is 11.1 Å². The number of hydrogen-bond acceptors (Lipinski definition) is 3. The SMILES string of the molecule is [CH2-]Oc1c(C)cc(C)cc1CSc1cc(C)cc(C)c1O[CH2-].[Cl][Ti][Cl]. The van der Waals surface area contributed by atoms with Crippen LogP contribution in [0, 0.1) is 41.9 Å². The van der Waals surface area contributed by atoms with Crippen molar-refractivity contribution in [3.8, 4) is 11.5 Å². The van der Waals surface area contributed by atoms with E-state index >= 15 is 0 Å². The molecule has 0 heterocycles. The van der Waals surface area contributed by atoms with Crippen LogP contribution in [-0.2, 0) is 22.8 Å². The number of rotatable bonds is 5. The van der Waals surface area contributed by atoms with Crippen LogP contribution in [0.5, 0.6) is 11.5 Å². The van der Waals surface area contributed by atoms with Crippen molar-refractivity contribution in [2.24, 2.45) is 0 Å². The third-order valence-electron chi connectivity index (χ3n) is 3.55. The maximum atomic E-state index is 5.32. The molecule has 2 nitrogen and oxygen atoms in total. The monoisotopic (exact) mass is 432 g/mol. The Bertz CT molecular complexity index is 649. The topological polar surface area (TPSA) is 18.5 Å². The van der Waals surface area contributed by atoms with Gasteiger partial charge in [-0.1, -0.05) is 23.8 Å². The summed E-state index contributed by atoms with van der Waals surface area (Å²) in [6.07, 6.45) is 0. The van der Waals surface area contributed by atoms with E-state index in [1.807, 2.05) is 13.8 Å². The fraction of sp³-hybridized carbons (Fsp3) is 0.263. The fourth-order valence-corrected chi connectivity index (χ4v) is 3.86. The van der Waals surface area contributed by atoms with E-state index in [1.54, 1.807) is 11.8 Å². The minimum absolute atomic E-state index is 0.556. The Labute approximate surface area is 172 Å². The third-order valence-corrected chi connectivity index (χ3v) is 4.62. The second kappa shape index (κ2) is 11.4. The first-order valence-corrected chi connectivity index (χ1v) is 12.8. The van der Waals surface area contributed by atoms with Gasteiger partial charge in [-0.2, -0.15) is 14.2 Å². The van der Waals surface area contributed by atoms with E-state index in [9.17, 15) is 0 Å². The molecule has 0 atom stereocenters. The van der Waals surface area contributed by atoms with Crippen LogP contribution in [0.15, 0.2) is 29.2 Å². The van der Waals surface area contributed by atoms with Crippen LogP contribution in [0.4, 0.5) is 0 Å². The van der Waals surface area contributed by atoms with E-state index < -0.39 is 17.0 Å². The normalized spacial score (nSPS) is 9.92. The second-order valence-corrected chi connectivity index (χ2v) is 9.22.